The van der Waals surface area contributed by atoms with Crippen molar-refractivity contribution in [3.63, 3.8) is 0 Å². The van der Waals surface area contributed by atoms with Crippen LogP contribution in [0.3, 0.4) is 0 Å². The van der Waals surface area contributed by atoms with Gasteiger partial charge in [-0.1, -0.05) is 17.7 Å². The Balaban J connectivity index is 1.44. The number of fused-ring (bicyclic) bond motifs is 1. The standard InChI is InChI=1S/C17H20ClN3O3/c1-10-17(18)13(20-19-10)7-21-5-4-12(14(22)8-21)11-2-3-15-16(6-11)24-9-23-15/h2-3,6,12,14,22H,4-5,7-9H2,1H3,(H,19,20)/t12-,14+/m0/s1. The number of nitrogens with one attached hydrogen (secondary N) is 1. The molecule has 3 heterocycles. The molecule has 24 heavy (non-hydrogen) atoms. The number of rotatable bonds is 3. The molecule has 2 aromatic rings. The molecule has 7 heteroatoms. The molecule has 0 bridgehead atoms. The Bertz CT molecular complexity index is 749. The van der Waals surface area contributed by atoms with Crippen molar-refractivity contribution in [2.45, 2.75) is 31.9 Å². The van der Waals surface area contributed by atoms with Gasteiger partial charge < -0.3 is 14.6 Å². The van der Waals surface area contributed by atoms with Crippen molar-refractivity contribution in [2.24, 2.45) is 0 Å². The number of ether oxygens (including phenoxy) is 2. The lowest BCUT2D eigenvalue weighted by Gasteiger charge is -2.36. The third-order valence-electron chi connectivity index (χ3n) is 4.81. The fraction of sp³-hybridized carbons (Fsp3) is 0.471. The van der Waals surface area contributed by atoms with E-state index in [4.69, 9.17) is 21.1 Å². The molecule has 128 valence electrons. The highest BCUT2D eigenvalue weighted by molar-refractivity contribution is 6.31. The number of aromatic nitrogens is 2. The van der Waals surface area contributed by atoms with Gasteiger partial charge in [0.1, 0.15) is 0 Å². The average molecular weight is 350 g/mol. The minimum atomic E-state index is -0.432. The topological polar surface area (TPSA) is 70.6 Å². The Labute approximate surface area is 145 Å². The van der Waals surface area contributed by atoms with Gasteiger partial charge in [0.25, 0.3) is 0 Å². The molecule has 0 saturated carbocycles. The van der Waals surface area contributed by atoms with E-state index in [0.29, 0.717) is 18.1 Å². The zero-order valence-corrected chi connectivity index (χ0v) is 14.2. The highest BCUT2D eigenvalue weighted by atomic mass is 35.5. The van der Waals surface area contributed by atoms with Gasteiger partial charge in [-0.15, -0.1) is 0 Å². The van der Waals surface area contributed by atoms with Gasteiger partial charge in [-0.05, 0) is 37.6 Å². The summed E-state index contributed by atoms with van der Waals surface area (Å²) in [5, 5.41) is 18.4. The van der Waals surface area contributed by atoms with Gasteiger partial charge in [-0.3, -0.25) is 10.00 Å². The van der Waals surface area contributed by atoms with E-state index < -0.39 is 6.10 Å². The van der Waals surface area contributed by atoms with E-state index in [9.17, 15) is 5.11 Å². The molecule has 0 spiro atoms. The maximum absolute atomic E-state index is 10.6. The fourth-order valence-corrected chi connectivity index (χ4v) is 3.60. The van der Waals surface area contributed by atoms with E-state index in [0.717, 1.165) is 41.4 Å². The number of benzene rings is 1. The van der Waals surface area contributed by atoms with Crippen LogP contribution < -0.4 is 9.47 Å². The number of likely N-dealkylation sites (tertiary alicyclic amines) is 1. The molecule has 2 aliphatic rings. The molecule has 0 radical (unpaired) electrons. The van der Waals surface area contributed by atoms with Crippen molar-refractivity contribution in [1.82, 2.24) is 15.1 Å². The van der Waals surface area contributed by atoms with Crippen molar-refractivity contribution in [3.8, 4) is 11.5 Å². The number of H-pyrrole nitrogens is 1. The molecule has 1 aromatic heterocycles. The van der Waals surface area contributed by atoms with Crippen molar-refractivity contribution >= 4 is 11.6 Å². The number of nitrogens with zero attached hydrogens (tertiary/aromatic N) is 2. The number of hydrogen-bond acceptors (Lipinski definition) is 5. The third kappa shape index (κ3) is 2.85. The number of aliphatic hydroxyl groups is 1. The minimum Gasteiger partial charge on any atom is -0.454 e. The van der Waals surface area contributed by atoms with Crippen molar-refractivity contribution in [1.29, 1.82) is 0 Å². The Morgan fingerprint density at radius 2 is 2.21 bits per heavy atom. The summed E-state index contributed by atoms with van der Waals surface area (Å²) in [7, 11) is 0. The second-order valence-electron chi connectivity index (χ2n) is 6.42. The Morgan fingerprint density at radius 1 is 1.38 bits per heavy atom. The summed E-state index contributed by atoms with van der Waals surface area (Å²) in [5.41, 5.74) is 2.81. The summed E-state index contributed by atoms with van der Waals surface area (Å²) in [6, 6.07) is 5.92. The van der Waals surface area contributed by atoms with Crippen LogP contribution in [-0.2, 0) is 6.54 Å². The Morgan fingerprint density at radius 3 is 2.96 bits per heavy atom. The highest BCUT2D eigenvalue weighted by Crippen LogP contribution is 2.37. The van der Waals surface area contributed by atoms with E-state index in [1.165, 1.54) is 0 Å². The zero-order valence-electron chi connectivity index (χ0n) is 13.5. The smallest absolute Gasteiger partial charge is 0.231 e. The van der Waals surface area contributed by atoms with Crippen LogP contribution in [0.2, 0.25) is 5.02 Å². The van der Waals surface area contributed by atoms with E-state index in [1.807, 2.05) is 25.1 Å². The van der Waals surface area contributed by atoms with Crippen LogP contribution in [0.5, 0.6) is 11.5 Å². The molecule has 1 saturated heterocycles. The van der Waals surface area contributed by atoms with Crippen LogP contribution in [0.1, 0.15) is 29.3 Å². The zero-order chi connectivity index (χ0) is 16.7. The van der Waals surface area contributed by atoms with Crippen LogP contribution in [0, 0.1) is 6.92 Å². The third-order valence-corrected chi connectivity index (χ3v) is 5.31. The van der Waals surface area contributed by atoms with Crippen LogP contribution in [-0.4, -0.2) is 46.2 Å². The van der Waals surface area contributed by atoms with Gasteiger partial charge >= 0.3 is 0 Å². The number of piperidine rings is 1. The number of halogens is 1. The molecular formula is C17H20ClN3O3. The fourth-order valence-electron chi connectivity index (χ4n) is 3.46. The van der Waals surface area contributed by atoms with Gasteiger partial charge in [-0.25, -0.2) is 0 Å². The first-order chi connectivity index (χ1) is 11.6. The summed E-state index contributed by atoms with van der Waals surface area (Å²) in [6.45, 7) is 4.30. The SMILES string of the molecule is Cc1[nH]nc(CN2CC[C@@H](c3ccc4c(c3)OCO4)[C@H](O)C2)c1Cl. The van der Waals surface area contributed by atoms with Crippen LogP contribution in [0.4, 0.5) is 0 Å². The Kier molecular flexibility index (Phi) is 4.12. The molecule has 2 aliphatic heterocycles. The first-order valence-corrected chi connectivity index (χ1v) is 8.49. The largest absolute Gasteiger partial charge is 0.454 e. The van der Waals surface area contributed by atoms with E-state index >= 15 is 0 Å². The van der Waals surface area contributed by atoms with Gasteiger partial charge in [0.05, 0.1) is 22.5 Å². The molecule has 0 aliphatic carbocycles. The number of aliphatic hydroxyl groups excluding tert-OH is 1. The predicted octanol–water partition coefficient (Wildman–Crippen LogP) is 2.45. The second kappa shape index (κ2) is 6.27. The van der Waals surface area contributed by atoms with Gasteiger partial charge in [-0.2, -0.15) is 5.10 Å². The number of aromatic amines is 1. The lowest BCUT2D eigenvalue weighted by molar-refractivity contribution is 0.0471. The lowest BCUT2D eigenvalue weighted by Crippen LogP contribution is -2.42. The molecule has 1 aromatic carbocycles. The molecule has 2 N–H and O–H groups in total. The van der Waals surface area contributed by atoms with Crippen molar-refractivity contribution in [3.05, 3.63) is 40.2 Å². The predicted molar refractivity (Wildman–Crippen MR) is 89.5 cm³/mol. The maximum Gasteiger partial charge on any atom is 0.231 e. The number of aryl methyl sites for hydroxylation is 1. The molecule has 2 atom stereocenters. The van der Waals surface area contributed by atoms with Crippen molar-refractivity contribution in [2.75, 3.05) is 19.9 Å². The average Bonchev–Trinajstić information content (AvgIpc) is 3.16. The lowest BCUT2D eigenvalue weighted by atomic mass is 9.87. The molecular weight excluding hydrogens is 330 g/mol. The molecule has 1 fully saturated rings. The van der Waals surface area contributed by atoms with E-state index in [2.05, 4.69) is 15.1 Å². The molecule has 6 nitrogen and oxygen atoms in total. The monoisotopic (exact) mass is 349 g/mol. The van der Waals surface area contributed by atoms with Gasteiger partial charge in [0.2, 0.25) is 6.79 Å². The summed E-state index contributed by atoms with van der Waals surface area (Å²) < 4.78 is 10.8. The maximum atomic E-state index is 10.6. The second-order valence-corrected chi connectivity index (χ2v) is 6.80. The summed E-state index contributed by atoms with van der Waals surface area (Å²) in [5.74, 6) is 1.64. The van der Waals surface area contributed by atoms with Crippen molar-refractivity contribution < 1.29 is 14.6 Å². The van der Waals surface area contributed by atoms with Crippen LogP contribution in [0.25, 0.3) is 0 Å². The Hall–Kier alpha value is -1.76. The summed E-state index contributed by atoms with van der Waals surface area (Å²) in [6.07, 6.45) is 0.444. The normalized spacial score (nSPS) is 23.6. The molecule has 0 amide bonds. The molecule has 4 rings (SSSR count). The van der Waals surface area contributed by atoms with Crippen LogP contribution >= 0.6 is 11.6 Å². The van der Waals surface area contributed by atoms with E-state index in [-0.39, 0.29) is 12.7 Å². The summed E-state index contributed by atoms with van der Waals surface area (Å²) in [4.78, 5) is 2.19. The van der Waals surface area contributed by atoms with Crippen LogP contribution in [0.15, 0.2) is 18.2 Å². The first kappa shape index (κ1) is 15.7. The molecule has 0 unspecified atom stereocenters. The van der Waals surface area contributed by atoms with Gasteiger partial charge in [0, 0.05) is 19.0 Å². The highest BCUT2D eigenvalue weighted by Gasteiger charge is 2.30. The number of β-amino-alcohol motifs (C(OH)–C–C–N with tert-alkyl or cyclic N) is 1. The van der Waals surface area contributed by atoms with Gasteiger partial charge in [0.15, 0.2) is 11.5 Å². The quantitative estimate of drug-likeness (QED) is 0.890. The first-order valence-electron chi connectivity index (χ1n) is 8.11. The minimum absolute atomic E-state index is 0.104. The number of hydrogen-bond donors (Lipinski definition) is 2. The van der Waals surface area contributed by atoms with E-state index in [1.54, 1.807) is 0 Å². The summed E-state index contributed by atoms with van der Waals surface area (Å²) >= 11 is 6.23.